The van der Waals surface area contributed by atoms with Crippen LogP contribution >= 0.6 is 11.6 Å². The zero-order valence-electron chi connectivity index (χ0n) is 11.5. The molecule has 0 atom stereocenters. The number of halogens is 1. The van der Waals surface area contributed by atoms with Gasteiger partial charge in [-0.25, -0.2) is 4.98 Å². The molecule has 0 spiro atoms. The molecular formula is C14H21ClN2O. The van der Waals surface area contributed by atoms with E-state index in [1.54, 1.807) is 18.3 Å². The minimum atomic E-state index is -0.0319. The molecule has 0 N–H and O–H groups in total. The topological polar surface area (TPSA) is 33.2 Å². The molecule has 3 nitrogen and oxygen atoms in total. The summed E-state index contributed by atoms with van der Waals surface area (Å²) in [6, 6.07) is 3.47. The van der Waals surface area contributed by atoms with Gasteiger partial charge in [-0.15, -0.1) is 0 Å². The van der Waals surface area contributed by atoms with Crippen molar-refractivity contribution in [2.24, 2.45) is 11.8 Å². The van der Waals surface area contributed by atoms with Crippen molar-refractivity contribution in [2.75, 3.05) is 13.1 Å². The van der Waals surface area contributed by atoms with E-state index in [1.165, 1.54) is 0 Å². The van der Waals surface area contributed by atoms with Crippen molar-refractivity contribution in [1.82, 2.24) is 9.88 Å². The van der Waals surface area contributed by atoms with Gasteiger partial charge in [-0.2, -0.15) is 0 Å². The average Bonchev–Trinajstić information content (AvgIpc) is 2.26. The van der Waals surface area contributed by atoms with Gasteiger partial charge >= 0.3 is 0 Å². The highest BCUT2D eigenvalue weighted by Gasteiger charge is 2.20. The quantitative estimate of drug-likeness (QED) is 0.766. The van der Waals surface area contributed by atoms with Crippen molar-refractivity contribution >= 4 is 17.5 Å². The Morgan fingerprint density at radius 3 is 2.28 bits per heavy atom. The summed E-state index contributed by atoms with van der Waals surface area (Å²) in [6.45, 7) is 9.89. The second kappa shape index (κ2) is 6.74. The first-order valence-electron chi connectivity index (χ1n) is 6.31. The van der Waals surface area contributed by atoms with Crippen molar-refractivity contribution in [3.63, 3.8) is 0 Å². The van der Waals surface area contributed by atoms with E-state index in [0.717, 1.165) is 13.1 Å². The Morgan fingerprint density at radius 1 is 1.28 bits per heavy atom. The first-order valence-corrected chi connectivity index (χ1v) is 6.69. The Balaban J connectivity index is 2.91. The lowest BCUT2D eigenvalue weighted by Gasteiger charge is -2.26. The largest absolute Gasteiger partial charge is 0.338 e. The molecule has 1 rings (SSSR count). The molecule has 0 unspecified atom stereocenters. The first kappa shape index (κ1) is 15.0. The molecule has 0 fully saturated rings. The maximum atomic E-state index is 12.4. The maximum absolute atomic E-state index is 12.4. The van der Waals surface area contributed by atoms with Crippen molar-refractivity contribution in [2.45, 2.75) is 27.7 Å². The minimum absolute atomic E-state index is 0.0319. The summed E-state index contributed by atoms with van der Waals surface area (Å²) >= 11 is 5.98. The number of amides is 1. The number of rotatable bonds is 5. The second-order valence-electron chi connectivity index (χ2n) is 5.34. The molecular weight excluding hydrogens is 248 g/mol. The summed E-state index contributed by atoms with van der Waals surface area (Å²) in [4.78, 5) is 18.3. The molecule has 4 heteroatoms. The van der Waals surface area contributed by atoms with Crippen molar-refractivity contribution < 1.29 is 4.79 Å². The van der Waals surface area contributed by atoms with Gasteiger partial charge in [-0.1, -0.05) is 39.3 Å². The van der Waals surface area contributed by atoms with Crippen LogP contribution in [0.25, 0.3) is 0 Å². The van der Waals surface area contributed by atoms with Crippen molar-refractivity contribution in [3.05, 3.63) is 29.0 Å². The number of carbonyl (C=O) groups is 1. The summed E-state index contributed by atoms with van der Waals surface area (Å²) in [5, 5.41) is 0.278. The molecule has 0 saturated carbocycles. The lowest BCUT2D eigenvalue weighted by Crippen LogP contribution is -2.37. The summed E-state index contributed by atoms with van der Waals surface area (Å²) in [5.74, 6) is 0.835. The van der Waals surface area contributed by atoms with Crippen LogP contribution in [0.1, 0.15) is 38.1 Å². The summed E-state index contributed by atoms with van der Waals surface area (Å²) in [5.41, 5.74) is 0.487. The SMILES string of the molecule is CC(C)CN(CC(C)C)C(=O)c1cccnc1Cl. The highest BCUT2D eigenvalue weighted by Crippen LogP contribution is 2.16. The average molecular weight is 269 g/mol. The first-order chi connectivity index (χ1) is 8.41. The van der Waals surface area contributed by atoms with E-state index in [9.17, 15) is 4.79 Å². The van der Waals surface area contributed by atoms with Gasteiger partial charge in [0.15, 0.2) is 0 Å². The van der Waals surface area contributed by atoms with Gasteiger partial charge < -0.3 is 4.90 Å². The van der Waals surface area contributed by atoms with Crippen LogP contribution in [0, 0.1) is 11.8 Å². The van der Waals surface area contributed by atoms with Gasteiger partial charge in [-0.05, 0) is 24.0 Å². The molecule has 0 aliphatic heterocycles. The third-order valence-electron chi connectivity index (χ3n) is 2.45. The molecule has 0 bridgehead atoms. The predicted octanol–water partition coefficient (Wildman–Crippen LogP) is 3.49. The molecule has 0 radical (unpaired) electrons. The lowest BCUT2D eigenvalue weighted by atomic mass is 10.1. The third kappa shape index (κ3) is 4.30. The summed E-state index contributed by atoms with van der Waals surface area (Å²) < 4.78 is 0. The van der Waals surface area contributed by atoms with E-state index in [0.29, 0.717) is 17.4 Å². The standard InChI is InChI=1S/C14H21ClN2O/c1-10(2)8-17(9-11(3)4)14(18)12-6-5-7-16-13(12)15/h5-7,10-11H,8-9H2,1-4H3. The molecule has 1 aromatic heterocycles. The Kier molecular flexibility index (Phi) is 5.60. The zero-order valence-corrected chi connectivity index (χ0v) is 12.2. The van der Waals surface area contributed by atoms with Gasteiger partial charge in [0, 0.05) is 19.3 Å². The normalized spacial score (nSPS) is 11.1. The minimum Gasteiger partial charge on any atom is -0.338 e. The smallest absolute Gasteiger partial charge is 0.256 e. The molecule has 0 saturated heterocycles. The fourth-order valence-corrected chi connectivity index (χ4v) is 2.04. The molecule has 1 aromatic rings. The lowest BCUT2D eigenvalue weighted by molar-refractivity contribution is 0.0715. The molecule has 100 valence electrons. The van der Waals surface area contributed by atoms with Gasteiger partial charge in [0.25, 0.3) is 5.91 Å². The van der Waals surface area contributed by atoms with E-state index < -0.39 is 0 Å². The molecule has 1 heterocycles. The van der Waals surface area contributed by atoms with Crippen LogP contribution in [-0.4, -0.2) is 28.9 Å². The number of nitrogens with zero attached hydrogens (tertiary/aromatic N) is 2. The van der Waals surface area contributed by atoms with E-state index >= 15 is 0 Å². The van der Waals surface area contributed by atoms with Crippen LogP contribution in [0.3, 0.4) is 0 Å². The maximum Gasteiger partial charge on any atom is 0.256 e. The predicted molar refractivity (Wildman–Crippen MR) is 74.8 cm³/mol. The molecule has 0 aliphatic carbocycles. The van der Waals surface area contributed by atoms with Crippen molar-refractivity contribution in [1.29, 1.82) is 0 Å². The van der Waals surface area contributed by atoms with E-state index in [4.69, 9.17) is 11.6 Å². The number of hydrogen-bond donors (Lipinski definition) is 0. The van der Waals surface area contributed by atoms with Crippen LogP contribution in [0.5, 0.6) is 0 Å². The Morgan fingerprint density at radius 2 is 1.83 bits per heavy atom. The molecule has 18 heavy (non-hydrogen) atoms. The molecule has 0 aromatic carbocycles. The summed E-state index contributed by atoms with van der Waals surface area (Å²) in [7, 11) is 0. The Labute approximate surface area is 114 Å². The zero-order chi connectivity index (χ0) is 13.7. The Bertz CT molecular complexity index is 395. The van der Waals surface area contributed by atoms with E-state index in [1.807, 2.05) is 4.90 Å². The number of carbonyl (C=O) groups excluding carboxylic acids is 1. The van der Waals surface area contributed by atoms with Gasteiger partial charge in [-0.3, -0.25) is 4.79 Å². The fraction of sp³-hybridized carbons (Fsp3) is 0.571. The Hall–Kier alpha value is -1.09. The summed E-state index contributed by atoms with van der Waals surface area (Å²) in [6.07, 6.45) is 1.59. The third-order valence-corrected chi connectivity index (χ3v) is 2.75. The highest BCUT2D eigenvalue weighted by atomic mass is 35.5. The van der Waals surface area contributed by atoms with E-state index in [-0.39, 0.29) is 11.1 Å². The van der Waals surface area contributed by atoms with Crippen LogP contribution in [0.2, 0.25) is 5.15 Å². The number of aromatic nitrogens is 1. The highest BCUT2D eigenvalue weighted by molar-refractivity contribution is 6.32. The number of hydrogen-bond acceptors (Lipinski definition) is 2. The van der Waals surface area contributed by atoms with Gasteiger partial charge in [0.2, 0.25) is 0 Å². The monoisotopic (exact) mass is 268 g/mol. The van der Waals surface area contributed by atoms with Crippen LogP contribution in [-0.2, 0) is 0 Å². The van der Waals surface area contributed by atoms with Gasteiger partial charge in [0.1, 0.15) is 5.15 Å². The fourth-order valence-electron chi connectivity index (χ4n) is 1.84. The van der Waals surface area contributed by atoms with Crippen LogP contribution in [0.4, 0.5) is 0 Å². The van der Waals surface area contributed by atoms with Crippen LogP contribution < -0.4 is 0 Å². The van der Waals surface area contributed by atoms with Gasteiger partial charge in [0.05, 0.1) is 5.56 Å². The second-order valence-corrected chi connectivity index (χ2v) is 5.70. The molecule has 1 amide bonds. The van der Waals surface area contributed by atoms with Crippen molar-refractivity contribution in [3.8, 4) is 0 Å². The van der Waals surface area contributed by atoms with E-state index in [2.05, 4.69) is 32.7 Å². The molecule has 0 aliphatic rings. The number of pyridine rings is 1. The van der Waals surface area contributed by atoms with Crippen LogP contribution in [0.15, 0.2) is 18.3 Å².